The monoisotopic (exact) mass is 388 g/mol. The van der Waals surface area contributed by atoms with E-state index >= 15 is 0 Å². The van der Waals surface area contributed by atoms with Gasteiger partial charge in [0.15, 0.2) is 0 Å². The quantitative estimate of drug-likeness (QED) is 0.783. The minimum Gasteiger partial charge on any atom is -0.497 e. The van der Waals surface area contributed by atoms with Gasteiger partial charge in [-0.15, -0.1) is 0 Å². The summed E-state index contributed by atoms with van der Waals surface area (Å²) in [6.45, 7) is 0. The zero-order valence-corrected chi connectivity index (χ0v) is 16.1. The summed E-state index contributed by atoms with van der Waals surface area (Å²) in [5.74, 6) is 0.632. The normalized spacial score (nSPS) is 15.1. The van der Waals surface area contributed by atoms with Crippen LogP contribution >= 0.6 is 0 Å². The Morgan fingerprint density at radius 2 is 1.70 bits per heavy atom. The summed E-state index contributed by atoms with van der Waals surface area (Å²) in [5.41, 5.74) is 1.02. The van der Waals surface area contributed by atoms with E-state index in [9.17, 15) is 13.2 Å². The molecule has 0 heterocycles. The first kappa shape index (κ1) is 19.2. The zero-order chi connectivity index (χ0) is 19.3. The van der Waals surface area contributed by atoms with Crippen LogP contribution in [0.25, 0.3) is 0 Å². The summed E-state index contributed by atoms with van der Waals surface area (Å²) >= 11 is 0. The van der Waals surface area contributed by atoms with Gasteiger partial charge in [0, 0.05) is 17.7 Å². The van der Waals surface area contributed by atoms with Crippen LogP contribution in [0, 0.1) is 5.92 Å². The first-order valence-electron chi connectivity index (χ1n) is 9.06. The van der Waals surface area contributed by atoms with Crippen LogP contribution in [0.3, 0.4) is 0 Å². The van der Waals surface area contributed by atoms with Crippen LogP contribution in [0.2, 0.25) is 0 Å². The van der Waals surface area contributed by atoms with E-state index in [4.69, 9.17) is 4.74 Å². The Balaban J connectivity index is 1.67. The number of nitrogens with one attached hydrogen (secondary N) is 2. The van der Waals surface area contributed by atoms with Gasteiger partial charge in [-0.25, -0.2) is 8.42 Å². The Bertz CT molecular complexity index is 888. The van der Waals surface area contributed by atoms with Gasteiger partial charge in [-0.05, 0) is 49.2 Å². The number of sulfonamides is 1. The molecule has 2 aromatic rings. The molecule has 7 heteroatoms. The Hall–Kier alpha value is -2.54. The van der Waals surface area contributed by atoms with Gasteiger partial charge >= 0.3 is 0 Å². The molecule has 2 aromatic carbocycles. The van der Waals surface area contributed by atoms with Gasteiger partial charge in [0.05, 0.1) is 17.7 Å². The van der Waals surface area contributed by atoms with E-state index < -0.39 is 10.0 Å². The van der Waals surface area contributed by atoms with E-state index in [1.54, 1.807) is 36.4 Å². The average molecular weight is 388 g/mol. The third-order valence-corrected chi connectivity index (χ3v) is 6.13. The van der Waals surface area contributed by atoms with Gasteiger partial charge in [-0.3, -0.25) is 9.52 Å². The number of ether oxygens (including phenoxy) is 1. The second-order valence-electron chi connectivity index (χ2n) is 6.69. The van der Waals surface area contributed by atoms with E-state index in [0.717, 1.165) is 25.7 Å². The number of rotatable bonds is 6. The molecule has 1 amide bonds. The summed E-state index contributed by atoms with van der Waals surface area (Å²) < 4.78 is 32.7. The molecule has 6 nitrogen and oxygen atoms in total. The molecule has 1 fully saturated rings. The van der Waals surface area contributed by atoms with Crippen molar-refractivity contribution in [2.75, 3.05) is 17.1 Å². The molecule has 0 atom stereocenters. The summed E-state index contributed by atoms with van der Waals surface area (Å²) in [7, 11) is -2.20. The summed E-state index contributed by atoms with van der Waals surface area (Å²) in [6.07, 6.45) is 5.21. The number of benzene rings is 2. The first-order valence-corrected chi connectivity index (χ1v) is 10.5. The molecule has 0 unspecified atom stereocenters. The highest BCUT2D eigenvalue weighted by atomic mass is 32.2. The van der Waals surface area contributed by atoms with Crippen molar-refractivity contribution in [2.45, 2.75) is 37.0 Å². The fraction of sp³-hybridized carbons (Fsp3) is 0.350. The molecule has 2 N–H and O–H groups in total. The third kappa shape index (κ3) is 5.01. The second kappa shape index (κ2) is 8.43. The molecule has 3 rings (SSSR count). The molecule has 1 saturated carbocycles. The second-order valence-corrected chi connectivity index (χ2v) is 8.37. The molecule has 27 heavy (non-hydrogen) atoms. The van der Waals surface area contributed by atoms with Crippen molar-refractivity contribution < 1.29 is 17.9 Å². The Morgan fingerprint density at radius 3 is 2.37 bits per heavy atom. The van der Waals surface area contributed by atoms with Crippen molar-refractivity contribution in [2.24, 2.45) is 5.92 Å². The molecule has 0 spiro atoms. The number of hydrogen-bond donors (Lipinski definition) is 2. The lowest BCUT2D eigenvalue weighted by atomic mass is 9.88. The van der Waals surface area contributed by atoms with Crippen LogP contribution < -0.4 is 14.8 Å². The molecule has 0 radical (unpaired) electrons. The molecule has 144 valence electrons. The molecule has 0 bridgehead atoms. The minimum atomic E-state index is -3.72. The zero-order valence-electron chi connectivity index (χ0n) is 15.3. The average Bonchev–Trinajstić information content (AvgIpc) is 2.69. The topological polar surface area (TPSA) is 84.5 Å². The van der Waals surface area contributed by atoms with Gasteiger partial charge in [0.1, 0.15) is 5.75 Å². The van der Waals surface area contributed by atoms with E-state index in [1.165, 1.54) is 25.7 Å². The summed E-state index contributed by atoms with van der Waals surface area (Å²) in [4.78, 5) is 12.4. The van der Waals surface area contributed by atoms with Crippen LogP contribution in [-0.2, 0) is 14.8 Å². The van der Waals surface area contributed by atoms with Crippen molar-refractivity contribution in [3.8, 4) is 5.75 Å². The van der Waals surface area contributed by atoms with Crippen LogP contribution in [0.4, 0.5) is 11.4 Å². The Labute approximate surface area is 160 Å². The number of amides is 1. The highest BCUT2D eigenvalue weighted by Crippen LogP contribution is 2.26. The van der Waals surface area contributed by atoms with Crippen molar-refractivity contribution in [1.29, 1.82) is 0 Å². The predicted octanol–water partition coefficient (Wildman–Crippen LogP) is 4.01. The van der Waals surface area contributed by atoms with Gasteiger partial charge in [-0.2, -0.15) is 0 Å². The predicted molar refractivity (Wildman–Crippen MR) is 105 cm³/mol. The van der Waals surface area contributed by atoms with Crippen LogP contribution in [-0.4, -0.2) is 21.4 Å². The van der Waals surface area contributed by atoms with E-state index in [0.29, 0.717) is 17.1 Å². The van der Waals surface area contributed by atoms with E-state index in [2.05, 4.69) is 10.0 Å². The highest BCUT2D eigenvalue weighted by molar-refractivity contribution is 7.92. The number of carbonyl (C=O) groups excluding carboxylic acids is 1. The minimum absolute atomic E-state index is 0.0137. The molecular formula is C20H24N2O4S. The number of anilines is 2. The van der Waals surface area contributed by atoms with Crippen LogP contribution in [0.5, 0.6) is 5.75 Å². The first-order chi connectivity index (χ1) is 13.0. The molecular weight excluding hydrogens is 364 g/mol. The lowest BCUT2D eigenvalue weighted by molar-refractivity contribution is -0.120. The van der Waals surface area contributed by atoms with E-state index in [-0.39, 0.29) is 16.7 Å². The maximum absolute atomic E-state index is 12.5. The van der Waals surface area contributed by atoms with Crippen LogP contribution in [0.1, 0.15) is 32.1 Å². The Kier molecular flexibility index (Phi) is 6.01. The van der Waals surface area contributed by atoms with E-state index in [1.807, 2.05) is 0 Å². The number of carbonyl (C=O) groups is 1. The third-order valence-electron chi connectivity index (χ3n) is 4.73. The smallest absolute Gasteiger partial charge is 0.261 e. The molecule has 1 aliphatic rings. The fourth-order valence-electron chi connectivity index (χ4n) is 3.23. The molecule has 0 aliphatic heterocycles. The maximum Gasteiger partial charge on any atom is 0.261 e. The Morgan fingerprint density at radius 1 is 1.00 bits per heavy atom. The molecule has 0 aromatic heterocycles. The largest absolute Gasteiger partial charge is 0.497 e. The van der Waals surface area contributed by atoms with Crippen LogP contribution in [0.15, 0.2) is 53.4 Å². The number of methoxy groups -OCH3 is 1. The molecule has 1 aliphatic carbocycles. The summed E-state index contributed by atoms with van der Waals surface area (Å²) in [6, 6.07) is 12.9. The van der Waals surface area contributed by atoms with Crippen molar-refractivity contribution in [3.05, 3.63) is 48.5 Å². The van der Waals surface area contributed by atoms with Gasteiger partial charge in [-0.1, -0.05) is 25.3 Å². The highest BCUT2D eigenvalue weighted by Gasteiger charge is 2.21. The lowest BCUT2D eigenvalue weighted by Crippen LogP contribution is -2.24. The van der Waals surface area contributed by atoms with Crippen molar-refractivity contribution >= 4 is 27.3 Å². The lowest BCUT2D eigenvalue weighted by Gasteiger charge is -2.20. The van der Waals surface area contributed by atoms with Crippen molar-refractivity contribution in [3.63, 3.8) is 0 Å². The summed E-state index contributed by atoms with van der Waals surface area (Å²) in [5, 5.41) is 2.88. The fourth-order valence-corrected chi connectivity index (χ4v) is 4.28. The molecule has 0 saturated heterocycles. The van der Waals surface area contributed by atoms with Gasteiger partial charge in [0.2, 0.25) is 5.91 Å². The standard InChI is InChI=1S/C20H24N2O4S/c1-26-18-9-5-8-17(14-18)22-27(24,25)19-12-10-16(11-13-19)21-20(23)15-6-3-2-4-7-15/h5,8-15,22H,2-4,6-7H2,1H3,(H,21,23). The van der Waals surface area contributed by atoms with Crippen molar-refractivity contribution in [1.82, 2.24) is 0 Å². The maximum atomic E-state index is 12.5. The van der Waals surface area contributed by atoms with Gasteiger partial charge < -0.3 is 10.1 Å². The number of hydrogen-bond acceptors (Lipinski definition) is 4. The SMILES string of the molecule is COc1cccc(NS(=O)(=O)c2ccc(NC(=O)C3CCCCC3)cc2)c1. The van der Waals surface area contributed by atoms with Gasteiger partial charge in [0.25, 0.3) is 10.0 Å².